The van der Waals surface area contributed by atoms with Gasteiger partial charge in [0.15, 0.2) is 11.5 Å². The lowest BCUT2D eigenvalue weighted by molar-refractivity contribution is -0.121. The summed E-state index contributed by atoms with van der Waals surface area (Å²) in [5.41, 5.74) is 5.60. The zero-order valence-corrected chi connectivity index (χ0v) is 22.8. The Hall–Kier alpha value is -4.62. The van der Waals surface area contributed by atoms with Gasteiger partial charge in [0.25, 0.3) is 5.91 Å². The Morgan fingerprint density at radius 3 is 2.27 bits per heavy atom. The molecule has 7 nitrogen and oxygen atoms in total. The van der Waals surface area contributed by atoms with Crippen molar-refractivity contribution in [2.75, 3.05) is 6.61 Å². The van der Waals surface area contributed by atoms with E-state index in [-0.39, 0.29) is 18.2 Å². The Labute approximate surface area is 238 Å². The molecule has 0 saturated heterocycles. The number of rotatable bonds is 12. The summed E-state index contributed by atoms with van der Waals surface area (Å²) in [7, 11) is 0. The van der Waals surface area contributed by atoms with Crippen molar-refractivity contribution >= 4 is 29.6 Å². The van der Waals surface area contributed by atoms with Crippen LogP contribution in [0.4, 0.5) is 0 Å². The maximum Gasteiger partial charge on any atom is 0.251 e. The molecule has 40 heavy (non-hydrogen) atoms. The van der Waals surface area contributed by atoms with Crippen molar-refractivity contribution in [1.29, 1.82) is 0 Å². The highest BCUT2D eigenvalue weighted by molar-refractivity contribution is 6.30. The molecule has 2 amide bonds. The first kappa shape index (κ1) is 28.4. The molecule has 2 N–H and O–H groups in total. The number of nitrogens with zero attached hydrogens (tertiary/aromatic N) is 1. The molecule has 4 rings (SSSR count). The third-order valence-corrected chi connectivity index (χ3v) is 6.16. The van der Waals surface area contributed by atoms with E-state index in [1.807, 2.05) is 73.7 Å². The maximum atomic E-state index is 12.8. The van der Waals surface area contributed by atoms with Crippen LogP contribution in [0.25, 0.3) is 0 Å². The van der Waals surface area contributed by atoms with Crippen molar-refractivity contribution in [3.05, 3.63) is 130 Å². The summed E-state index contributed by atoms with van der Waals surface area (Å²) in [5, 5.41) is 7.73. The highest BCUT2D eigenvalue weighted by Gasteiger charge is 2.19. The van der Waals surface area contributed by atoms with Crippen molar-refractivity contribution < 1.29 is 19.1 Å². The molecule has 204 valence electrons. The predicted molar refractivity (Wildman–Crippen MR) is 157 cm³/mol. The first-order valence-electron chi connectivity index (χ1n) is 12.9. The van der Waals surface area contributed by atoms with Crippen LogP contribution in [0.3, 0.4) is 0 Å². The van der Waals surface area contributed by atoms with E-state index in [0.29, 0.717) is 35.3 Å². The van der Waals surface area contributed by atoms with Gasteiger partial charge in [-0.3, -0.25) is 9.59 Å². The van der Waals surface area contributed by atoms with E-state index >= 15 is 0 Å². The molecule has 0 aliphatic rings. The van der Waals surface area contributed by atoms with Crippen LogP contribution in [0.5, 0.6) is 11.5 Å². The molecule has 8 heteroatoms. The van der Waals surface area contributed by atoms with Gasteiger partial charge >= 0.3 is 0 Å². The second kappa shape index (κ2) is 14.5. The minimum absolute atomic E-state index is 0.0155. The van der Waals surface area contributed by atoms with Crippen LogP contribution < -0.4 is 20.2 Å². The Balaban J connectivity index is 1.38. The first-order chi connectivity index (χ1) is 19.5. The summed E-state index contributed by atoms with van der Waals surface area (Å²) in [6.45, 7) is 2.72. The summed E-state index contributed by atoms with van der Waals surface area (Å²) in [5.74, 6) is 0.566. The molecular formula is C32H30ClN3O4. The molecule has 4 aromatic carbocycles. The number of carbonyl (C=O) groups is 2. The number of hydrogen-bond donors (Lipinski definition) is 2. The monoisotopic (exact) mass is 555 g/mol. The van der Waals surface area contributed by atoms with Gasteiger partial charge in [-0.1, -0.05) is 72.3 Å². The number of halogens is 1. The van der Waals surface area contributed by atoms with Crippen LogP contribution in [-0.4, -0.2) is 24.6 Å². The number of ether oxygens (including phenoxy) is 2. The molecule has 0 heterocycles. The van der Waals surface area contributed by atoms with E-state index in [1.54, 1.807) is 36.4 Å². The average Bonchev–Trinajstić information content (AvgIpc) is 2.98. The zero-order valence-electron chi connectivity index (χ0n) is 22.0. The zero-order chi connectivity index (χ0) is 28.2. The van der Waals surface area contributed by atoms with E-state index in [2.05, 4.69) is 15.8 Å². The second-order valence-electron chi connectivity index (χ2n) is 8.85. The van der Waals surface area contributed by atoms with E-state index < -0.39 is 6.04 Å². The lowest BCUT2D eigenvalue weighted by atomic mass is 10.0. The molecule has 4 aromatic rings. The molecule has 0 fully saturated rings. The highest BCUT2D eigenvalue weighted by Crippen LogP contribution is 2.29. The SMILES string of the molecule is CCOc1cc(/C=N\NC(=O)C[C@H](NC(=O)c2ccccc2)c2ccccc2)ccc1OCc1ccc(Cl)cc1. The van der Waals surface area contributed by atoms with Crippen LogP contribution in [0.2, 0.25) is 5.02 Å². The fourth-order valence-electron chi connectivity index (χ4n) is 3.91. The van der Waals surface area contributed by atoms with Gasteiger partial charge in [0.05, 0.1) is 25.3 Å². The molecule has 0 aliphatic heterocycles. The molecule has 0 unspecified atom stereocenters. The lowest BCUT2D eigenvalue weighted by Crippen LogP contribution is -2.32. The normalized spacial score (nSPS) is 11.6. The van der Waals surface area contributed by atoms with Gasteiger partial charge in [0.2, 0.25) is 5.91 Å². The van der Waals surface area contributed by atoms with Gasteiger partial charge in [0.1, 0.15) is 6.61 Å². The molecule has 0 aromatic heterocycles. The molecule has 1 atom stereocenters. The Kier molecular flexibility index (Phi) is 10.3. The van der Waals surface area contributed by atoms with E-state index in [4.69, 9.17) is 21.1 Å². The smallest absolute Gasteiger partial charge is 0.251 e. The van der Waals surface area contributed by atoms with Crippen LogP contribution in [0, 0.1) is 0 Å². The van der Waals surface area contributed by atoms with Gasteiger partial charge in [-0.2, -0.15) is 5.10 Å². The topological polar surface area (TPSA) is 89.0 Å². The van der Waals surface area contributed by atoms with Gasteiger partial charge in [-0.15, -0.1) is 0 Å². The van der Waals surface area contributed by atoms with Crippen molar-refractivity contribution in [3.63, 3.8) is 0 Å². The number of amides is 2. The third-order valence-electron chi connectivity index (χ3n) is 5.91. The molecule has 0 aliphatic carbocycles. The van der Waals surface area contributed by atoms with Gasteiger partial charge in [0, 0.05) is 10.6 Å². The summed E-state index contributed by atoms with van der Waals surface area (Å²) in [6.07, 6.45) is 1.55. The lowest BCUT2D eigenvalue weighted by Gasteiger charge is -2.18. The van der Waals surface area contributed by atoms with E-state index in [0.717, 1.165) is 16.7 Å². The molecule has 0 spiro atoms. The quantitative estimate of drug-likeness (QED) is 0.158. The third kappa shape index (κ3) is 8.44. The van der Waals surface area contributed by atoms with Crippen molar-refractivity contribution in [2.24, 2.45) is 5.10 Å². The van der Waals surface area contributed by atoms with Gasteiger partial charge < -0.3 is 14.8 Å². The number of hydrazone groups is 1. The standard InChI is InChI=1S/C32H30ClN3O4/c1-2-39-30-19-24(15-18-29(30)40-22-23-13-16-27(33)17-14-23)21-34-36-31(37)20-28(25-9-5-3-6-10-25)35-32(38)26-11-7-4-8-12-26/h3-19,21,28H,2,20,22H2,1H3,(H,35,38)(H,36,37)/b34-21-/t28-/m0/s1. The predicted octanol–water partition coefficient (Wildman–Crippen LogP) is 6.33. The van der Waals surface area contributed by atoms with Crippen LogP contribution >= 0.6 is 11.6 Å². The Morgan fingerprint density at radius 1 is 0.875 bits per heavy atom. The fourth-order valence-corrected chi connectivity index (χ4v) is 4.04. The minimum Gasteiger partial charge on any atom is -0.490 e. The number of nitrogens with one attached hydrogen (secondary N) is 2. The number of benzene rings is 4. The van der Waals surface area contributed by atoms with Gasteiger partial charge in [-0.05, 0) is 66.1 Å². The largest absolute Gasteiger partial charge is 0.490 e. The summed E-state index contributed by atoms with van der Waals surface area (Å²) in [6, 6.07) is 30.6. The first-order valence-corrected chi connectivity index (χ1v) is 13.3. The summed E-state index contributed by atoms with van der Waals surface area (Å²) in [4.78, 5) is 25.5. The Morgan fingerprint density at radius 2 is 1.57 bits per heavy atom. The van der Waals surface area contributed by atoms with Crippen LogP contribution in [-0.2, 0) is 11.4 Å². The number of carbonyl (C=O) groups excluding carboxylic acids is 2. The molecular weight excluding hydrogens is 526 g/mol. The Bertz CT molecular complexity index is 1430. The number of hydrogen-bond acceptors (Lipinski definition) is 5. The van der Waals surface area contributed by atoms with Crippen molar-refractivity contribution in [2.45, 2.75) is 26.0 Å². The van der Waals surface area contributed by atoms with E-state index in [9.17, 15) is 9.59 Å². The van der Waals surface area contributed by atoms with Gasteiger partial charge in [-0.25, -0.2) is 5.43 Å². The van der Waals surface area contributed by atoms with Crippen molar-refractivity contribution in [1.82, 2.24) is 10.7 Å². The second-order valence-corrected chi connectivity index (χ2v) is 9.29. The maximum absolute atomic E-state index is 12.8. The minimum atomic E-state index is -0.522. The highest BCUT2D eigenvalue weighted by atomic mass is 35.5. The van der Waals surface area contributed by atoms with Crippen molar-refractivity contribution in [3.8, 4) is 11.5 Å². The van der Waals surface area contributed by atoms with Crippen LogP contribution in [0.1, 0.15) is 46.4 Å². The van der Waals surface area contributed by atoms with Crippen LogP contribution in [0.15, 0.2) is 108 Å². The summed E-state index contributed by atoms with van der Waals surface area (Å²) < 4.78 is 11.7. The average molecular weight is 556 g/mol. The van der Waals surface area contributed by atoms with E-state index in [1.165, 1.54) is 6.21 Å². The molecule has 0 radical (unpaired) electrons. The fraction of sp³-hybridized carbons (Fsp3) is 0.156. The summed E-state index contributed by atoms with van der Waals surface area (Å²) >= 11 is 5.95. The molecule has 0 saturated carbocycles. The molecule has 0 bridgehead atoms.